The number of unbranched alkanes of at least 4 members (excludes halogenated alkanes) is 1. The quantitative estimate of drug-likeness (QED) is 0.731. The zero-order valence-electron chi connectivity index (χ0n) is 10.6. The molecule has 16 heavy (non-hydrogen) atoms. The van der Waals surface area contributed by atoms with Gasteiger partial charge >= 0.3 is 0 Å². The maximum Gasteiger partial charge on any atom is 0.222 e. The molecule has 1 N–H and O–H groups in total. The van der Waals surface area contributed by atoms with Gasteiger partial charge in [0, 0.05) is 19.5 Å². The molecular weight excluding hydrogens is 202 g/mol. The Morgan fingerprint density at radius 2 is 2.19 bits per heavy atom. The Hall–Kier alpha value is -0.570. The van der Waals surface area contributed by atoms with Gasteiger partial charge in [-0.15, -0.1) is 0 Å². The minimum Gasteiger partial charge on any atom is -0.391 e. The Morgan fingerprint density at radius 1 is 1.44 bits per heavy atom. The second-order valence-electron chi connectivity index (χ2n) is 5.28. The van der Waals surface area contributed by atoms with Gasteiger partial charge in [0.1, 0.15) is 0 Å². The molecule has 1 saturated heterocycles. The fourth-order valence-electron chi connectivity index (χ4n) is 2.17. The summed E-state index contributed by atoms with van der Waals surface area (Å²) in [6.45, 7) is 5.80. The largest absolute Gasteiger partial charge is 0.391 e. The summed E-state index contributed by atoms with van der Waals surface area (Å²) in [5.74, 6) is 0.953. The lowest BCUT2D eigenvalue weighted by molar-refractivity contribution is -0.134. The van der Waals surface area contributed by atoms with Crippen molar-refractivity contribution in [2.24, 2.45) is 5.92 Å². The summed E-state index contributed by atoms with van der Waals surface area (Å²) in [4.78, 5) is 13.6. The van der Waals surface area contributed by atoms with Crippen molar-refractivity contribution in [2.45, 2.75) is 58.5 Å². The van der Waals surface area contributed by atoms with Crippen molar-refractivity contribution >= 4 is 5.91 Å². The van der Waals surface area contributed by atoms with Crippen LogP contribution in [0.3, 0.4) is 0 Å². The van der Waals surface area contributed by atoms with Crippen molar-refractivity contribution in [3.8, 4) is 0 Å². The minimum atomic E-state index is -0.298. The molecule has 3 nitrogen and oxygen atoms in total. The van der Waals surface area contributed by atoms with E-state index in [0.717, 1.165) is 38.1 Å². The Balaban J connectivity index is 2.14. The highest BCUT2D eigenvalue weighted by Gasteiger charge is 2.21. The predicted molar refractivity (Wildman–Crippen MR) is 65.1 cm³/mol. The normalized spacial score (nSPS) is 21.5. The predicted octanol–water partition coefficient (Wildman–Crippen LogP) is 2.19. The summed E-state index contributed by atoms with van der Waals surface area (Å²) >= 11 is 0. The molecule has 0 aromatic carbocycles. The van der Waals surface area contributed by atoms with E-state index in [-0.39, 0.29) is 12.0 Å². The second kappa shape index (κ2) is 6.89. The summed E-state index contributed by atoms with van der Waals surface area (Å²) in [5.41, 5.74) is 0. The average Bonchev–Trinajstić information content (AvgIpc) is 2.24. The van der Waals surface area contributed by atoms with E-state index in [9.17, 15) is 9.90 Å². The van der Waals surface area contributed by atoms with Gasteiger partial charge in [-0.2, -0.15) is 0 Å². The number of aliphatic hydroxyl groups is 1. The summed E-state index contributed by atoms with van der Waals surface area (Å²) < 4.78 is 0. The summed E-state index contributed by atoms with van der Waals surface area (Å²) in [6, 6.07) is 0. The zero-order chi connectivity index (χ0) is 12.0. The van der Waals surface area contributed by atoms with Crippen LogP contribution in [-0.2, 0) is 4.79 Å². The molecule has 1 atom stereocenters. The molecule has 0 radical (unpaired) electrons. The number of β-amino-alcohol motifs (C(OH)–C–C–N with tert-alkyl or cyclic N) is 1. The van der Waals surface area contributed by atoms with Crippen molar-refractivity contribution in [1.82, 2.24) is 4.90 Å². The number of carbonyl (C=O) groups excluding carboxylic acids is 1. The third kappa shape index (κ3) is 4.97. The van der Waals surface area contributed by atoms with Crippen molar-refractivity contribution in [3.63, 3.8) is 0 Å². The Labute approximate surface area is 98.8 Å². The van der Waals surface area contributed by atoms with E-state index < -0.39 is 0 Å². The highest BCUT2D eigenvalue weighted by atomic mass is 16.3. The molecule has 1 unspecified atom stereocenters. The zero-order valence-corrected chi connectivity index (χ0v) is 10.6. The maximum absolute atomic E-state index is 11.8. The van der Waals surface area contributed by atoms with Crippen LogP contribution < -0.4 is 0 Å². The molecule has 1 amide bonds. The fraction of sp³-hybridized carbons (Fsp3) is 0.923. The van der Waals surface area contributed by atoms with E-state index in [1.54, 1.807) is 0 Å². The SMILES string of the molecule is CC(C)CCCCC(=O)N1CCCC(O)C1. The van der Waals surface area contributed by atoms with Crippen LogP contribution >= 0.6 is 0 Å². The lowest BCUT2D eigenvalue weighted by Crippen LogP contribution is -2.42. The van der Waals surface area contributed by atoms with Gasteiger partial charge in [-0.25, -0.2) is 0 Å². The molecule has 0 spiro atoms. The van der Waals surface area contributed by atoms with Gasteiger partial charge in [-0.05, 0) is 25.2 Å². The summed E-state index contributed by atoms with van der Waals surface area (Å²) in [6.07, 6.45) is 5.47. The first-order valence-electron chi connectivity index (χ1n) is 6.55. The standard InChI is InChI=1S/C13H25NO2/c1-11(2)6-3-4-8-13(16)14-9-5-7-12(15)10-14/h11-12,15H,3-10H2,1-2H3. The topological polar surface area (TPSA) is 40.5 Å². The number of rotatable bonds is 5. The second-order valence-corrected chi connectivity index (χ2v) is 5.28. The number of piperidine rings is 1. The first-order valence-corrected chi connectivity index (χ1v) is 6.55. The molecule has 0 aromatic heterocycles. The van der Waals surface area contributed by atoms with E-state index in [4.69, 9.17) is 0 Å². The van der Waals surface area contributed by atoms with Gasteiger partial charge in [0.05, 0.1) is 6.10 Å². The number of likely N-dealkylation sites (tertiary alicyclic amines) is 1. The average molecular weight is 227 g/mol. The molecule has 0 bridgehead atoms. The highest BCUT2D eigenvalue weighted by molar-refractivity contribution is 5.76. The summed E-state index contributed by atoms with van der Waals surface area (Å²) in [7, 11) is 0. The van der Waals surface area contributed by atoms with Crippen molar-refractivity contribution in [3.05, 3.63) is 0 Å². The van der Waals surface area contributed by atoms with Crippen LogP contribution in [0.1, 0.15) is 52.4 Å². The molecule has 1 aliphatic heterocycles. The number of aliphatic hydroxyl groups excluding tert-OH is 1. The van der Waals surface area contributed by atoms with Gasteiger partial charge in [-0.3, -0.25) is 4.79 Å². The third-order valence-corrected chi connectivity index (χ3v) is 3.17. The number of nitrogens with zero attached hydrogens (tertiary/aromatic N) is 1. The van der Waals surface area contributed by atoms with Crippen molar-refractivity contribution < 1.29 is 9.90 Å². The molecular formula is C13H25NO2. The molecule has 1 rings (SSSR count). The minimum absolute atomic E-state index is 0.225. The molecule has 1 aliphatic rings. The van der Waals surface area contributed by atoms with E-state index >= 15 is 0 Å². The lowest BCUT2D eigenvalue weighted by Gasteiger charge is -2.30. The van der Waals surface area contributed by atoms with E-state index in [1.165, 1.54) is 6.42 Å². The van der Waals surface area contributed by atoms with E-state index in [1.807, 2.05) is 4.90 Å². The number of carbonyl (C=O) groups is 1. The van der Waals surface area contributed by atoms with Crippen molar-refractivity contribution in [1.29, 1.82) is 0 Å². The monoisotopic (exact) mass is 227 g/mol. The van der Waals surface area contributed by atoms with E-state index in [0.29, 0.717) is 13.0 Å². The van der Waals surface area contributed by atoms with Crippen LogP contribution in [0.25, 0.3) is 0 Å². The van der Waals surface area contributed by atoms with Crippen LogP contribution in [0, 0.1) is 5.92 Å². The lowest BCUT2D eigenvalue weighted by atomic mass is 10.0. The molecule has 0 saturated carbocycles. The third-order valence-electron chi connectivity index (χ3n) is 3.17. The summed E-state index contributed by atoms with van der Waals surface area (Å²) in [5, 5.41) is 9.48. The molecule has 0 aromatic rings. The van der Waals surface area contributed by atoms with Gasteiger partial charge in [0.25, 0.3) is 0 Å². The number of hydrogen-bond donors (Lipinski definition) is 1. The van der Waals surface area contributed by atoms with Crippen LogP contribution in [0.2, 0.25) is 0 Å². The van der Waals surface area contributed by atoms with E-state index in [2.05, 4.69) is 13.8 Å². The van der Waals surface area contributed by atoms with Crippen LogP contribution in [-0.4, -0.2) is 35.1 Å². The highest BCUT2D eigenvalue weighted by Crippen LogP contribution is 2.13. The fourth-order valence-corrected chi connectivity index (χ4v) is 2.17. The van der Waals surface area contributed by atoms with Gasteiger partial charge in [0.15, 0.2) is 0 Å². The van der Waals surface area contributed by atoms with Gasteiger partial charge in [0.2, 0.25) is 5.91 Å². The molecule has 1 fully saturated rings. The van der Waals surface area contributed by atoms with Crippen LogP contribution in [0.5, 0.6) is 0 Å². The molecule has 1 heterocycles. The number of hydrogen-bond acceptors (Lipinski definition) is 2. The van der Waals surface area contributed by atoms with Gasteiger partial charge in [-0.1, -0.05) is 26.7 Å². The Kier molecular flexibility index (Phi) is 5.81. The van der Waals surface area contributed by atoms with Crippen molar-refractivity contribution in [2.75, 3.05) is 13.1 Å². The smallest absolute Gasteiger partial charge is 0.222 e. The van der Waals surface area contributed by atoms with Gasteiger partial charge < -0.3 is 10.0 Å². The Bertz CT molecular complexity index is 216. The van der Waals surface area contributed by atoms with Crippen LogP contribution in [0.15, 0.2) is 0 Å². The first-order chi connectivity index (χ1) is 7.59. The molecule has 3 heteroatoms. The molecule has 94 valence electrons. The Morgan fingerprint density at radius 3 is 2.81 bits per heavy atom. The first kappa shape index (κ1) is 13.5. The molecule has 0 aliphatic carbocycles. The maximum atomic E-state index is 11.8. The number of amides is 1. The van der Waals surface area contributed by atoms with Crippen LogP contribution in [0.4, 0.5) is 0 Å².